The van der Waals surface area contributed by atoms with Crippen molar-refractivity contribution in [2.24, 2.45) is 0 Å². The molecule has 0 aliphatic heterocycles. The summed E-state index contributed by atoms with van der Waals surface area (Å²) in [5, 5.41) is 13.9. The number of para-hydroxylation sites is 1. The van der Waals surface area contributed by atoms with Gasteiger partial charge in [0.25, 0.3) is 5.89 Å². The molecule has 0 atom stereocenters. The largest absolute Gasteiger partial charge is 0.505 e. The first-order valence-electron chi connectivity index (χ1n) is 6.25. The summed E-state index contributed by atoms with van der Waals surface area (Å²) in [6.45, 7) is 0. The highest BCUT2D eigenvalue weighted by Gasteiger charge is 2.15. The molecule has 106 valence electrons. The average Bonchev–Trinajstić information content (AvgIpc) is 3.00. The Morgan fingerprint density at radius 1 is 1.19 bits per heavy atom. The Bertz CT molecular complexity index is 783. The van der Waals surface area contributed by atoms with Crippen LogP contribution >= 0.6 is 0 Å². The second-order valence-corrected chi connectivity index (χ2v) is 4.40. The lowest BCUT2D eigenvalue weighted by Crippen LogP contribution is -1.88. The number of rotatable bonds is 3. The number of benzene rings is 2. The number of aromatic nitrogens is 2. The van der Waals surface area contributed by atoms with E-state index < -0.39 is 0 Å². The van der Waals surface area contributed by atoms with Crippen molar-refractivity contribution >= 4 is 5.69 Å². The maximum absolute atomic E-state index is 9.94. The van der Waals surface area contributed by atoms with E-state index in [1.54, 1.807) is 31.4 Å². The third kappa shape index (κ3) is 2.38. The van der Waals surface area contributed by atoms with Crippen molar-refractivity contribution in [3.8, 4) is 34.3 Å². The first kappa shape index (κ1) is 13.0. The number of aromatic hydroxyl groups is 1. The molecule has 6 nitrogen and oxygen atoms in total. The molecule has 0 radical (unpaired) electrons. The third-order valence-corrected chi connectivity index (χ3v) is 3.05. The molecule has 0 aliphatic carbocycles. The highest BCUT2D eigenvalue weighted by molar-refractivity contribution is 5.72. The van der Waals surface area contributed by atoms with E-state index in [2.05, 4.69) is 10.1 Å². The highest BCUT2D eigenvalue weighted by Crippen LogP contribution is 2.33. The minimum Gasteiger partial charge on any atom is -0.505 e. The second kappa shape index (κ2) is 5.16. The number of hydrogen-bond donors (Lipinski definition) is 2. The highest BCUT2D eigenvalue weighted by atomic mass is 16.5. The molecule has 2 aromatic carbocycles. The Balaban J connectivity index is 2.01. The number of ether oxygens (including phenoxy) is 1. The zero-order chi connectivity index (χ0) is 14.8. The lowest BCUT2D eigenvalue weighted by atomic mass is 10.1. The zero-order valence-corrected chi connectivity index (χ0v) is 11.3. The quantitative estimate of drug-likeness (QED) is 0.567. The topological polar surface area (TPSA) is 94.4 Å². The van der Waals surface area contributed by atoms with Gasteiger partial charge in [0.05, 0.1) is 18.4 Å². The predicted octanol–water partition coefficient (Wildman–Crippen LogP) is 2.70. The monoisotopic (exact) mass is 283 g/mol. The van der Waals surface area contributed by atoms with Crippen LogP contribution in [0, 0.1) is 0 Å². The molecular weight excluding hydrogens is 270 g/mol. The number of phenolic OH excluding ortho intramolecular Hbond substituents is 1. The van der Waals surface area contributed by atoms with Crippen LogP contribution in [-0.4, -0.2) is 22.4 Å². The van der Waals surface area contributed by atoms with E-state index in [0.29, 0.717) is 17.1 Å². The molecular formula is C15H13N3O3. The molecule has 1 aromatic heterocycles. The number of phenols is 1. The number of nitrogens with two attached hydrogens (primary N) is 1. The molecule has 0 saturated carbocycles. The summed E-state index contributed by atoms with van der Waals surface area (Å²) in [7, 11) is 1.59. The smallest absolute Gasteiger partial charge is 0.262 e. The van der Waals surface area contributed by atoms with Gasteiger partial charge in [0.15, 0.2) is 5.75 Å². The summed E-state index contributed by atoms with van der Waals surface area (Å²) in [4.78, 5) is 4.28. The number of methoxy groups -OCH3 is 1. The molecule has 1 heterocycles. The van der Waals surface area contributed by atoms with E-state index >= 15 is 0 Å². The molecule has 3 aromatic rings. The first-order valence-corrected chi connectivity index (χ1v) is 6.25. The van der Waals surface area contributed by atoms with Gasteiger partial charge in [0.2, 0.25) is 5.82 Å². The van der Waals surface area contributed by atoms with Crippen molar-refractivity contribution in [2.75, 3.05) is 12.8 Å². The fourth-order valence-electron chi connectivity index (χ4n) is 1.95. The first-order chi connectivity index (χ1) is 10.2. The third-order valence-electron chi connectivity index (χ3n) is 3.05. The van der Waals surface area contributed by atoms with Gasteiger partial charge in [-0.05, 0) is 24.3 Å². The lowest BCUT2D eigenvalue weighted by molar-refractivity contribution is 0.414. The molecule has 3 N–H and O–H groups in total. The van der Waals surface area contributed by atoms with Crippen molar-refractivity contribution < 1.29 is 14.4 Å². The van der Waals surface area contributed by atoms with Gasteiger partial charge in [-0.15, -0.1) is 0 Å². The van der Waals surface area contributed by atoms with E-state index in [9.17, 15) is 5.11 Å². The van der Waals surface area contributed by atoms with Gasteiger partial charge >= 0.3 is 0 Å². The summed E-state index contributed by atoms with van der Waals surface area (Å²) >= 11 is 0. The summed E-state index contributed by atoms with van der Waals surface area (Å²) in [6, 6.07) is 12.3. The minimum atomic E-state index is -0.0710. The maximum atomic E-state index is 9.94. The molecule has 0 amide bonds. The normalized spacial score (nSPS) is 10.5. The van der Waals surface area contributed by atoms with Crippen LogP contribution in [0.2, 0.25) is 0 Å². The summed E-state index contributed by atoms with van der Waals surface area (Å²) in [6.07, 6.45) is 0. The van der Waals surface area contributed by atoms with E-state index in [1.807, 2.05) is 18.2 Å². The lowest BCUT2D eigenvalue weighted by Gasteiger charge is -2.01. The Morgan fingerprint density at radius 2 is 2.00 bits per heavy atom. The predicted molar refractivity (Wildman–Crippen MR) is 77.8 cm³/mol. The van der Waals surface area contributed by atoms with E-state index in [-0.39, 0.29) is 17.3 Å². The molecule has 0 bridgehead atoms. The Labute approximate surface area is 120 Å². The Hall–Kier alpha value is -3.02. The molecule has 0 spiro atoms. The number of nitrogen functional groups attached to an aromatic ring is 1. The van der Waals surface area contributed by atoms with Crippen LogP contribution in [0.25, 0.3) is 22.8 Å². The number of hydrogen-bond acceptors (Lipinski definition) is 6. The van der Waals surface area contributed by atoms with Crippen LogP contribution in [-0.2, 0) is 0 Å². The van der Waals surface area contributed by atoms with E-state index in [0.717, 1.165) is 5.56 Å². The molecule has 6 heteroatoms. The number of nitrogens with zero attached hydrogens (tertiary/aromatic N) is 2. The Morgan fingerprint density at radius 3 is 2.81 bits per heavy atom. The molecule has 0 fully saturated rings. The molecule has 3 rings (SSSR count). The van der Waals surface area contributed by atoms with Crippen LogP contribution < -0.4 is 10.5 Å². The van der Waals surface area contributed by atoms with Crippen molar-refractivity contribution in [1.29, 1.82) is 0 Å². The van der Waals surface area contributed by atoms with Crippen molar-refractivity contribution in [2.45, 2.75) is 0 Å². The van der Waals surface area contributed by atoms with Crippen molar-refractivity contribution in [3.63, 3.8) is 0 Å². The van der Waals surface area contributed by atoms with Gasteiger partial charge < -0.3 is 20.1 Å². The van der Waals surface area contributed by atoms with Crippen LogP contribution in [0.4, 0.5) is 5.69 Å². The van der Waals surface area contributed by atoms with Crippen LogP contribution in [0.15, 0.2) is 47.0 Å². The minimum absolute atomic E-state index is 0.0710. The van der Waals surface area contributed by atoms with Gasteiger partial charge in [0, 0.05) is 5.56 Å². The average molecular weight is 283 g/mol. The summed E-state index contributed by atoms with van der Waals surface area (Å²) < 4.78 is 10.4. The van der Waals surface area contributed by atoms with Gasteiger partial charge in [-0.3, -0.25) is 0 Å². The SMILES string of the molecule is COc1cccc(-c2noc(-c3cccc(N)c3O)n2)c1. The summed E-state index contributed by atoms with van der Waals surface area (Å²) in [5.41, 5.74) is 7.07. The van der Waals surface area contributed by atoms with Crippen LogP contribution in [0.5, 0.6) is 11.5 Å². The Kier molecular flexibility index (Phi) is 3.19. The molecule has 0 saturated heterocycles. The second-order valence-electron chi connectivity index (χ2n) is 4.40. The van der Waals surface area contributed by atoms with Gasteiger partial charge in [-0.1, -0.05) is 23.4 Å². The maximum Gasteiger partial charge on any atom is 0.262 e. The van der Waals surface area contributed by atoms with Gasteiger partial charge in [-0.25, -0.2) is 0 Å². The molecule has 21 heavy (non-hydrogen) atoms. The van der Waals surface area contributed by atoms with Crippen LogP contribution in [0.3, 0.4) is 0 Å². The molecule has 0 aliphatic rings. The van der Waals surface area contributed by atoms with E-state index in [1.165, 1.54) is 0 Å². The standard InChI is InChI=1S/C15H13N3O3/c1-20-10-5-2-4-9(8-10)14-17-15(21-18-14)11-6-3-7-12(16)13(11)19/h2-8,19H,16H2,1H3. The fourth-order valence-corrected chi connectivity index (χ4v) is 1.95. The van der Waals surface area contributed by atoms with Gasteiger partial charge in [0.1, 0.15) is 5.75 Å². The fraction of sp³-hybridized carbons (Fsp3) is 0.0667. The number of anilines is 1. The van der Waals surface area contributed by atoms with Gasteiger partial charge in [-0.2, -0.15) is 4.98 Å². The zero-order valence-electron chi connectivity index (χ0n) is 11.3. The molecule has 0 unspecified atom stereocenters. The van der Waals surface area contributed by atoms with Crippen molar-refractivity contribution in [3.05, 3.63) is 42.5 Å². The van der Waals surface area contributed by atoms with E-state index in [4.69, 9.17) is 15.0 Å². The van der Waals surface area contributed by atoms with Crippen molar-refractivity contribution in [1.82, 2.24) is 10.1 Å². The summed E-state index contributed by atoms with van der Waals surface area (Å²) in [5.74, 6) is 1.24. The van der Waals surface area contributed by atoms with Crippen LogP contribution in [0.1, 0.15) is 0 Å².